The van der Waals surface area contributed by atoms with Gasteiger partial charge in [0.05, 0.1) is 11.6 Å². The van der Waals surface area contributed by atoms with Crippen LogP contribution in [0.2, 0.25) is 0 Å². The second-order valence-corrected chi connectivity index (χ2v) is 2.29. The van der Waals surface area contributed by atoms with E-state index in [2.05, 4.69) is 5.32 Å². The molecule has 7 heavy (non-hydrogen) atoms. The SMILES string of the molecule is O[C@H]1CNC(Cl)C1. The molecule has 0 aromatic heterocycles. The molecule has 0 amide bonds. The molecule has 1 unspecified atom stereocenters. The summed E-state index contributed by atoms with van der Waals surface area (Å²) in [6, 6.07) is 0. The minimum atomic E-state index is -0.220. The third-order valence-corrected chi connectivity index (χ3v) is 1.39. The summed E-state index contributed by atoms with van der Waals surface area (Å²) in [5.41, 5.74) is -0.00463. The van der Waals surface area contributed by atoms with Crippen LogP contribution in [0.5, 0.6) is 0 Å². The molecule has 0 bridgehead atoms. The summed E-state index contributed by atoms with van der Waals surface area (Å²) in [7, 11) is 0. The smallest absolute Gasteiger partial charge is 0.0851 e. The number of nitrogens with one attached hydrogen (secondary N) is 1. The van der Waals surface area contributed by atoms with Crippen LogP contribution in [0.1, 0.15) is 6.42 Å². The molecule has 2 nitrogen and oxygen atoms in total. The van der Waals surface area contributed by atoms with Crippen LogP contribution in [0.3, 0.4) is 0 Å². The van der Waals surface area contributed by atoms with E-state index >= 15 is 0 Å². The number of aliphatic hydroxyl groups is 1. The van der Waals surface area contributed by atoms with Crippen LogP contribution in [-0.4, -0.2) is 23.3 Å². The van der Waals surface area contributed by atoms with Crippen LogP contribution in [0.25, 0.3) is 0 Å². The molecule has 3 heteroatoms. The molecule has 0 aliphatic carbocycles. The molecule has 1 saturated heterocycles. The molecule has 1 rings (SSSR count). The van der Waals surface area contributed by atoms with Gasteiger partial charge in [-0.15, -0.1) is 11.6 Å². The van der Waals surface area contributed by atoms with Gasteiger partial charge in [-0.05, 0) is 0 Å². The van der Waals surface area contributed by atoms with Crippen molar-refractivity contribution in [2.45, 2.75) is 18.0 Å². The zero-order valence-electron chi connectivity index (χ0n) is 3.89. The molecule has 1 heterocycles. The van der Waals surface area contributed by atoms with Crippen molar-refractivity contribution in [1.29, 1.82) is 0 Å². The lowest BCUT2D eigenvalue weighted by Gasteiger charge is -1.92. The van der Waals surface area contributed by atoms with E-state index in [0.29, 0.717) is 13.0 Å². The highest BCUT2D eigenvalue weighted by molar-refractivity contribution is 6.20. The second-order valence-electron chi connectivity index (χ2n) is 1.77. The van der Waals surface area contributed by atoms with Gasteiger partial charge in [0.15, 0.2) is 0 Å². The zero-order chi connectivity index (χ0) is 5.28. The molecule has 2 atom stereocenters. The number of alkyl halides is 1. The summed E-state index contributed by atoms with van der Waals surface area (Å²) < 4.78 is 0. The molecule has 1 fully saturated rings. The van der Waals surface area contributed by atoms with E-state index in [1.165, 1.54) is 0 Å². The summed E-state index contributed by atoms with van der Waals surface area (Å²) in [5, 5.41) is 11.6. The fraction of sp³-hybridized carbons (Fsp3) is 1.00. The molecule has 0 spiro atoms. The van der Waals surface area contributed by atoms with E-state index in [-0.39, 0.29) is 11.6 Å². The molecule has 1 aliphatic heterocycles. The number of β-amino-alcohol motifs (C(OH)–C–C–N with tert-alkyl or cyclic N) is 1. The topological polar surface area (TPSA) is 32.3 Å². The van der Waals surface area contributed by atoms with Crippen LogP contribution < -0.4 is 5.32 Å². The lowest BCUT2D eigenvalue weighted by molar-refractivity contribution is 0.195. The fourth-order valence-electron chi connectivity index (χ4n) is 0.669. The molecular weight excluding hydrogens is 114 g/mol. The zero-order valence-corrected chi connectivity index (χ0v) is 4.65. The first-order valence-corrected chi connectivity index (χ1v) is 2.78. The Bertz CT molecular complexity index is 60.7. The molecule has 0 aromatic carbocycles. The predicted molar refractivity (Wildman–Crippen MR) is 28.3 cm³/mol. The summed E-state index contributed by atoms with van der Waals surface area (Å²) >= 11 is 5.54. The molecule has 2 N–H and O–H groups in total. The maximum atomic E-state index is 8.75. The third-order valence-electron chi connectivity index (χ3n) is 1.05. The average Bonchev–Trinajstić information content (AvgIpc) is 1.87. The van der Waals surface area contributed by atoms with Crippen LogP contribution in [0, 0.1) is 0 Å². The monoisotopic (exact) mass is 121 g/mol. The minimum absolute atomic E-state index is 0.00463. The number of halogens is 1. The molecule has 0 aromatic rings. The number of hydrogen-bond acceptors (Lipinski definition) is 2. The van der Waals surface area contributed by atoms with Crippen molar-refractivity contribution < 1.29 is 5.11 Å². The first kappa shape index (κ1) is 5.35. The van der Waals surface area contributed by atoms with E-state index in [4.69, 9.17) is 16.7 Å². The number of rotatable bonds is 0. The Balaban J connectivity index is 2.26. The Morgan fingerprint density at radius 3 is 2.57 bits per heavy atom. The quantitative estimate of drug-likeness (QED) is 0.347. The molecular formula is C4H8ClNO. The molecule has 1 aliphatic rings. The van der Waals surface area contributed by atoms with E-state index in [0.717, 1.165) is 0 Å². The normalized spacial score (nSPS) is 42.0. The Labute approximate surface area is 47.5 Å². The largest absolute Gasteiger partial charge is 0.392 e. The Hall–Kier alpha value is 0.210. The highest BCUT2D eigenvalue weighted by atomic mass is 35.5. The van der Waals surface area contributed by atoms with Crippen LogP contribution >= 0.6 is 11.6 Å². The standard InChI is InChI=1S/C4H8ClNO/c5-4-1-3(7)2-6-4/h3-4,6-7H,1-2H2/t3-,4?/m1/s1. The van der Waals surface area contributed by atoms with Gasteiger partial charge in [-0.1, -0.05) is 0 Å². The number of hydrogen-bond donors (Lipinski definition) is 2. The van der Waals surface area contributed by atoms with Gasteiger partial charge in [0.25, 0.3) is 0 Å². The Kier molecular flexibility index (Phi) is 1.52. The third kappa shape index (κ3) is 1.30. The predicted octanol–water partition coefficient (Wildman–Crippen LogP) is -0.0945. The van der Waals surface area contributed by atoms with Crippen molar-refractivity contribution in [3.8, 4) is 0 Å². The van der Waals surface area contributed by atoms with Crippen molar-refractivity contribution in [2.24, 2.45) is 0 Å². The van der Waals surface area contributed by atoms with Crippen molar-refractivity contribution in [1.82, 2.24) is 5.32 Å². The van der Waals surface area contributed by atoms with Gasteiger partial charge < -0.3 is 5.11 Å². The maximum Gasteiger partial charge on any atom is 0.0851 e. The van der Waals surface area contributed by atoms with Crippen molar-refractivity contribution in [3.63, 3.8) is 0 Å². The highest BCUT2D eigenvalue weighted by Gasteiger charge is 2.18. The summed E-state index contributed by atoms with van der Waals surface area (Å²) in [6.07, 6.45) is 0.462. The number of aliphatic hydroxyl groups excluding tert-OH is 1. The highest BCUT2D eigenvalue weighted by Crippen LogP contribution is 2.08. The Morgan fingerprint density at radius 1 is 1.71 bits per heavy atom. The van der Waals surface area contributed by atoms with Crippen LogP contribution in [-0.2, 0) is 0 Å². The van der Waals surface area contributed by atoms with Gasteiger partial charge in [0.1, 0.15) is 0 Å². The van der Waals surface area contributed by atoms with E-state index < -0.39 is 0 Å². The van der Waals surface area contributed by atoms with Gasteiger partial charge >= 0.3 is 0 Å². The van der Waals surface area contributed by atoms with Gasteiger partial charge in [-0.25, -0.2) is 0 Å². The lowest BCUT2D eigenvalue weighted by Crippen LogP contribution is -2.15. The molecule has 0 saturated carbocycles. The van der Waals surface area contributed by atoms with Crippen LogP contribution in [0.4, 0.5) is 0 Å². The van der Waals surface area contributed by atoms with Crippen LogP contribution in [0.15, 0.2) is 0 Å². The van der Waals surface area contributed by atoms with Crippen molar-refractivity contribution in [3.05, 3.63) is 0 Å². The summed E-state index contributed by atoms with van der Waals surface area (Å²) in [5.74, 6) is 0. The van der Waals surface area contributed by atoms with Crippen molar-refractivity contribution >= 4 is 11.6 Å². The first-order valence-electron chi connectivity index (χ1n) is 2.34. The first-order chi connectivity index (χ1) is 3.29. The van der Waals surface area contributed by atoms with Crippen molar-refractivity contribution in [2.75, 3.05) is 6.54 Å². The van der Waals surface area contributed by atoms with Gasteiger partial charge in [0.2, 0.25) is 0 Å². The fourth-order valence-corrected chi connectivity index (χ4v) is 0.964. The van der Waals surface area contributed by atoms with E-state index in [9.17, 15) is 0 Å². The van der Waals surface area contributed by atoms with E-state index in [1.54, 1.807) is 0 Å². The van der Waals surface area contributed by atoms with Gasteiger partial charge in [0, 0.05) is 13.0 Å². The Morgan fingerprint density at radius 2 is 2.43 bits per heavy atom. The van der Waals surface area contributed by atoms with E-state index in [1.807, 2.05) is 0 Å². The summed E-state index contributed by atoms with van der Waals surface area (Å²) in [6.45, 7) is 0.647. The second kappa shape index (κ2) is 1.99. The lowest BCUT2D eigenvalue weighted by atomic mass is 10.3. The van der Waals surface area contributed by atoms with Gasteiger partial charge in [-0.2, -0.15) is 0 Å². The average molecular weight is 122 g/mol. The summed E-state index contributed by atoms with van der Waals surface area (Å²) in [4.78, 5) is 0. The molecule has 0 radical (unpaired) electrons. The maximum absolute atomic E-state index is 8.75. The minimum Gasteiger partial charge on any atom is -0.392 e. The van der Waals surface area contributed by atoms with Gasteiger partial charge in [-0.3, -0.25) is 5.32 Å². The molecule has 42 valence electrons.